The lowest BCUT2D eigenvalue weighted by Crippen LogP contribution is -2.48. The minimum Gasteiger partial charge on any atom is -0.378 e. The molecule has 3 heteroatoms. The molecule has 2 atom stereocenters. The van der Waals surface area contributed by atoms with Crippen LogP contribution in [0.3, 0.4) is 0 Å². The smallest absolute Gasteiger partial charge is 0.0951 e. The summed E-state index contributed by atoms with van der Waals surface area (Å²) in [7, 11) is 0. The Morgan fingerprint density at radius 3 is 2.76 bits per heavy atom. The van der Waals surface area contributed by atoms with E-state index in [1.54, 1.807) is 0 Å². The number of hydrogen-bond donors (Lipinski definition) is 1. The van der Waals surface area contributed by atoms with Crippen molar-refractivity contribution in [1.82, 2.24) is 5.32 Å². The van der Waals surface area contributed by atoms with Crippen molar-refractivity contribution in [1.29, 1.82) is 0 Å². The molecule has 2 fully saturated rings. The fourth-order valence-corrected chi connectivity index (χ4v) is 2.98. The van der Waals surface area contributed by atoms with Gasteiger partial charge in [0.1, 0.15) is 0 Å². The summed E-state index contributed by atoms with van der Waals surface area (Å²) in [5.74, 6) is 0.827. The Bertz CT molecular complexity index is 222. The molecule has 0 radical (unpaired) electrons. The number of nitrogens with one attached hydrogen (secondary N) is 1. The number of hydrogen-bond acceptors (Lipinski definition) is 3. The van der Waals surface area contributed by atoms with Crippen LogP contribution in [-0.2, 0) is 9.47 Å². The molecule has 2 aliphatic rings. The van der Waals surface area contributed by atoms with Crippen molar-refractivity contribution < 1.29 is 9.47 Å². The van der Waals surface area contributed by atoms with Gasteiger partial charge in [0, 0.05) is 25.7 Å². The molecule has 2 unspecified atom stereocenters. The molecule has 2 rings (SSSR count). The van der Waals surface area contributed by atoms with E-state index in [2.05, 4.69) is 19.2 Å². The molecule has 2 heterocycles. The van der Waals surface area contributed by atoms with Crippen molar-refractivity contribution in [3.63, 3.8) is 0 Å². The van der Waals surface area contributed by atoms with Crippen LogP contribution in [0.2, 0.25) is 0 Å². The van der Waals surface area contributed by atoms with E-state index in [1.165, 1.54) is 12.8 Å². The second-order valence-electron chi connectivity index (χ2n) is 5.61. The van der Waals surface area contributed by atoms with Gasteiger partial charge in [0.2, 0.25) is 0 Å². The summed E-state index contributed by atoms with van der Waals surface area (Å²) in [6.45, 7) is 8.30. The summed E-state index contributed by atoms with van der Waals surface area (Å²) in [4.78, 5) is 0. The van der Waals surface area contributed by atoms with Crippen LogP contribution in [0, 0.1) is 5.92 Å². The minimum absolute atomic E-state index is 0.0455. The molecule has 2 aliphatic heterocycles. The molecule has 0 aromatic carbocycles. The van der Waals surface area contributed by atoms with Crippen LogP contribution >= 0.6 is 0 Å². The van der Waals surface area contributed by atoms with Gasteiger partial charge in [0.15, 0.2) is 0 Å². The van der Waals surface area contributed by atoms with Gasteiger partial charge in [-0.05, 0) is 25.3 Å². The lowest BCUT2D eigenvalue weighted by atomic mass is 9.89. The van der Waals surface area contributed by atoms with Crippen LogP contribution in [0.4, 0.5) is 0 Å². The van der Waals surface area contributed by atoms with Gasteiger partial charge < -0.3 is 14.8 Å². The molecule has 100 valence electrons. The molecule has 0 aromatic rings. The summed E-state index contributed by atoms with van der Waals surface area (Å²) in [5, 5.41) is 3.74. The largest absolute Gasteiger partial charge is 0.378 e. The van der Waals surface area contributed by atoms with E-state index >= 15 is 0 Å². The van der Waals surface area contributed by atoms with Crippen molar-refractivity contribution in [3.8, 4) is 0 Å². The van der Waals surface area contributed by atoms with Gasteiger partial charge in [-0.15, -0.1) is 0 Å². The van der Waals surface area contributed by atoms with Gasteiger partial charge >= 0.3 is 0 Å². The molecule has 0 saturated carbocycles. The highest BCUT2D eigenvalue weighted by Crippen LogP contribution is 2.32. The highest BCUT2D eigenvalue weighted by atomic mass is 16.6. The first-order valence-electron chi connectivity index (χ1n) is 7.23. The van der Waals surface area contributed by atoms with Crippen molar-refractivity contribution in [2.75, 3.05) is 26.4 Å². The zero-order chi connectivity index (χ0) is 12.1. The van der Waals surface area contributed by atoms with Crippen LogP contribution in [0.5, 0.6) is 0 Å². The van der Waals surface area contributed by atoms with Gasteiger partial charge in [-0.2, -0.15) is 0 Å². The Morgan fingerprint density at radius 2 is 2.12 bits per heavy atom. The first-order valence-corrected chi connectivity index (χ1v) is 7.23. The third kappa shape index (κ3) is 3.43. The van der Waals surface area contributed by atoms with E-state index in [0.717, 1.165) is 51.5 Å². The number of rotatable bonds is 5. The fraction of sp³-hybridized carbons (Fsp3) is 1.00. The molecule has 1 spiro atoms. The van der Waals surface area contributed by atoms with E-state index in [4.69, 9.17) is 9.47 Å². The van der Waals surface area contributed by atoms with E-state index in [-0.39, 0.29) is 5.60 Å². The Kier molecular flexibility index (Phi) is 4.83. The predicted octanol–water partition coefficient (Wildman–Crippen LogP) is 2.35. The monoisotopic (exact) mass is 241 g/mol. The van der Waals surface area contributed by atoms with Crippen LogP contribution in [0.1, 0.15) is 46.0 Å². The van der Waals surface area contributed by atoms with Crippen LogP contribution in [0.25, 0.3) is 0 Å². The zero-order valence-electron chi connectivity index (χ0n) is 11.3. The molecule has 3 nitrogen and oxygen atoms in total. The maximum atomic E-state index is 5.95. The van der Waals surface area contributed by atoms with E-state index in [1.807, 2.05) is 0 Å². The van der Waals surface area contributed by atoms with Gasteiger partial charge in [0.25, 0.3) is 0 Å². The van der Waals surface area contributed by atoms with Crippen LogP contribution in [-0.4, -0.2) is 38.0 Å². The summed E-state index contributed by atoms with van der Waals surface area (Å²) in [6.07, 6.45) is 5.92. The molecule has 17 heavy (non-hydrogen) atoms. The Balaban J connectivity index is 1.77. The van der Waals surface area contributed by atoms with Gasteiger partial charge in [-0.25, -0.2) is 0 Å². The Labute approximate surface area is 105 Å². The van der Waals surface area contributed by atoms with E-state index in [0.29, 0.717) is 6.04 Å². The summed E-state index contributed by atoms with van der Waals surface area (Å²) >= 11 is 0. The first-order chi connectivity index (χ1) is 8.28. The SMILES string of the molecule is CCC(CC)CNC1CCOC2(CCOC2)C1. The van der Waals surface area contributed by atoms with Gasteiger partial charge in [0.05, 0.1) is 12.2 Å². The standard InChI is InChI=1S/C14H27NO2/c1-3-12(4-2)10-15-13-5-7-17-14(9-13)6-8-16-11-14/h12-13,15H,3-11H2,1-2H3. The summed E-state index contributed by atoms with van der Waals surface area (Å²) in [6, 6.07) is 0.631. The molecule has 2 saturated heterocycles. The maximum Gasteiger partial charge on any atom is 0.0951 e. The molecule has 0 amide bonds. The second-order valence-corrected chi connectivity index (χ2v) is 5.61. The third-order valence-corrected chi connectivity index (χ3v) is 4.41. The van der Waals surface area contributed by atoms with Gasteiger partial charge in [-0.3, -0.25) is 0 Å². The van der Waals surface area contributed by atoms with Crippen molar-refractivity contribution in [3.05, 3.63) is 0 Å². The average molecular weight is 241 g/mol. The average Bonchev–Trinajstić information content (AvgIpc) is 2.79. The van der Waals surface area contributed by atoms with Crippen LogP contribution in [0.15, 0.2) is 0 Å². The van der Waals surface area contributed by atoms with E-state index in [9.17, 15) is 0 Å². The lowest BCUT2D eigenvalue weighted by molar-refractivity contribution is -0.0895. The Hall–Kier alpha value is -0.120. The van der Waals surface area contributed by atoms with E-state index < -0.39 is 0 Å². The molecular formula is C14H27NO2. The highest BCUT2D eigenvalue weighted by molar-refractivity contribution is 4.92. The first kappa shape index (κ1) is 13.3. The second kappa shape index (κ2) is 6.17. The zero-order valence-corrected chi connectivity index (χ0v) is 11.3. The molecule has 1 N–H and O–H groups in total. The molecule has 0 bridgehead atoms. The molecular weight excluding hydrogens is 214 g/mol. The van der Waals surface area contributed by atoms with Crippen molar-refractivity contribution >= 4 is 0 Å². The van der Waals surface area contributed by atoms with Gasteiger partial charge in [-0.1, -0.05) is 26.7 Å². The topological polar surface area (TPSA) is 30.5 Å². The van der Waals surface area contributed by atoms with Crippen molar-refractivity contribution in [2.45, 2.75) is 57.6 Å². The van der Waals surface area contributed by atoms with Crippen molar-refractivity contribution in [2.24, 2.45) is 5.92 Å². The summed E-state index contributed by atoms with van der Waals surface area (Å²) in [5.41, 5.74) is 0.0455. The maximum absolute atomic E-state index is 5.95. The fourth-order valence-electron chi connectivity index (χ4n) is 2.98. The quantitative estimate of drug-likeness (QED) is 0.801. The highest BCUT2D eigenvalue weighted by Gasteiger charge is 2.40. The Morgan fingerprint density at radius 1 is 1.29 bits per heavy atom. The lowest BCUT2D eigenvalue weighted by Gasteiger charge is -2.38. The van der Waals surface area contributed by atoms with Crippen LogP contribution < -0.4 is 5.32 Å². The molecule has 0 aromatic heterocycles. The number of ether oxygens (including phenoxy) is 2. The third-order valence-electron chi connectivity index (χ3n) is 4.41. The minimum atomic E-state index is 0.0455. The summed E-state index contributed by atoms with van der Waals surface area (Å²) < 4.78 is 11.5. The normalized spacial score (nSPS) is 33.7. The molecule has 0 aliphatic carbocycles. The predicted molar refractivity (Wildman–Crippen MR) is 69.2 cm³/mol.